The molecule has 0 aromatic carbocycles. The lowest BCUT2D eigenvalue weighted by Crippen LogP contribution is -1.96. The highest BCUT2D eigenvalue weighted by atomic mass is 14.7. The third-order valence-electron chi connectivity index (χ3n) is 5.75. The number of hydrogen-bond acceptors (Lipinski definition) is 2. The molecule has 0 bridgehead atoms. The largest absolute Gasteiger partial charge is 0.261 e. The Morgan fingerprint density at radius 1 is 0.517 bits per heavy atom. The molecule has 2 rings (SSSR count). The van der Waals surface area contributed by atoms with Gasteiger partial charge in [0.1, 0.15) is 0 Å². The molecule has 2 aromatic heterocycles. The highest BCUT2D eigenvalue weighted by Gasteiger charge is 2.01. The third kappa shape index (κ3) is 10.6. The number of pyridine rings is 2. The molecule has 0 spiro atoms. The molecule has 0 unspecified atom stereocenters. The van der Waals surface area contributed by atoms with Crippen molar-refractivity contribution in [1.29, 1.82) is 0 Å². The monoisotopic (exact) mass is 394 g/mol. The molecule has 0 saturated carbocycles. The van der Waals surface area contributed by atoms with Gasteiger partial charge in [0.25, 0.3) is 0 Å². The van der Waals surface area contributed by atoms with E-state index in [9.17, 15) is 0 Å². The Balaban J connectivity index is 1.66. The summed E-state index contributed by atoms with van der Waals surface area (Å²) < 4.78 is 0. The molecule has 0 fully saturated rings. The molecule has 0 radical (unpaired) electrons. The summed E-state index contributed by atoms with van der Waals surface area (Å²) in [6.45, 7) is 4.54. The lowest BCUT2D eigenvalue weighted by Gasteiger charge is -2.06. The number of aryl methyl sites for hydroxylation is 2. The first-order valence-corrected chi connectivity index (χ1v) is 12.2. The number of rotatable bonds is 16. The number of unbranched alkanes of at least 4 members (excludes halogenated alkanes) is 10. The van der Waals surface area contributed by atoms with E-state index in [2.05, 4.69) is 60.5 Å². The van der Waals surface area contributed by atoms with Crippen LogP contribution >= 0.6 is 0 Å². The first kappa shape index (κ1) is 23.6. The standard InChI is InChI=1S/C27H42N2/c1-3-5-7-9-11-13-15-26-19-17-24(22-28-26)21-25-18-20-27(29-23-25)16-14-12-10-8-6-4-2/h17-20,22-23H,3-16,21H2,1-2H3. The van der Waals surface area contributed by atoms with Crippen molar-refractivity contribution in [1.82, 2.24) is 9.97 Å². The lowest BCUT2D eigenvalue weighted by molar-refractivity contribution is 0.604. The van der Waals surface area contributed by atoms with Gasteiger partial charge < -0.3 is 0 Å². The van der Waals surface area contributed by atoms with Crippen LogP contribution in [-0.4, -0.2) is 9.97 Å². The van der Waals surface area contributed by atoms with Gasteiger partial charge in [-0.05, 0) is 48.9 Å². The summed E-state index contributed by atoms with van der Waals surface area (Å²) in [5.74, 6) is 0. The Labute approximate surface area is 179 Å². The van der Waals surface area contributed by atoms with Gasteiger partial charge in [0.05, 0.1) is 0 Å². The third-order valence-corrected chi connectivity index (χ3v) is 5.75. The molecule has 2 aromatic rings. The fourth-order valence-electron chi connectivity index (χ4n) is 3.82. The van der Waals surface area contributed by atoms with Crippen LogP contribution in [0.5, 0.6) is 0 Å². The Morgan fingerprint density at radius 3 is 1.31 bits per heavy atom. The van der Waals surface area contributed by atoms with Crippen LogP contribution in [0.15, 0.2) is 36.7 Å². The van der Waals surface area contributed by atoms with Crippen LogP contribution in [0.1, 0.15) is 113 Å². The van der Waals surface area contributed by atoms with Crippen LogP contribution in [0.4, 0.5) is 0 Å². The van der Waals surface area contributed by atoms with Crippen molar-refractivity contribution in [2.45, 2.75) is 110 Å². The molecular weight excluding hydrogens is 352 g/mol. The van der Waals surface area contributed by atoms with E-state index in [1.54, 1.807) is 0 Å². The smallest absolute Gasteiger partial charge is 0.0403 e. The molecule has 2 heteroatoms. The van der Waals surface area contributed by atoms with Crippen molar-refractivity contribution >= 4 is 0 Å². The molecule has 0 N–H and O–H groups in total. The second-order valence-electron chi connectivity index (χ2n) is 8.53. The van der Waals surface area contributed by atoms with Crippen molar-refractivity contribution in [3.63, 3.8) is 0 Å². The Hall–Kier alpha value is -1.70. The molecule has 0 aliphatic rings. The summed E-state index contributed by atoms with van der Waals surface area (Å²) in [7, 11) is 0. The van der Waals surface area contributed by atoms with E-state index in [4.69, 9.17) is 0 Å². The zero-order valence-electron chi connectivity index (χ0n) is 19.0. The van der Waals surface area contributed by atoms with Crippen molar-refractivity contribution in [2.24, 2.45) is 0 Å². The van der Waals surface area contributed by atoms with Gasteiger partial charge in [-0.1, -0.05) is 90.2 Å². The molecule has 160 valence electrons. The van der Waals surface area contributed by atoms with Gasteiger partial charge in [-0.25, -0.2) is 0 Å². The lowest BCUT2D eigenvalue weighted by atomic mass is 10.0. The van der Waals surface area contributed by atoms with E-state index in [0.29, 0.717) is 0 Å². The highest BCUT2D eigenvalue weighted by Crippen LogP contribution is 2.13. The van der Waals surface area contributed by atoms with E-state index in [0.717, 1.165) is 19.3 Å². The van der Waals surface area contributed by atoms with E-state index in [1.165, 1.54) is 99.6 Å². The van der Waals surface area contributed by atoms with Crippen LogP contribution in [-0.2, 0) is 19.3 Å². The molecule has 0 atom stereocenters. The molecule has 2 heterocycles. The zero-order chi connectivity index (χ0) is 20.6. The van der Waals surface area contributed by atoms with Crippen molar-refractivity contribution < 1.29 is 0 Å². The van der Waals surface area contributed by atoms with E-state index >= 15 is 0 Å². The number of nitrogens with zero attached hydrogens (tertiary/aromatic N) is 2. The van der Waals surface area contributed by atoms with Crippen LogP contribution in [0.2, 0.25) is 0 Å². The molecule has 0 saturated heterocycles. The summed E-state index contributed by atoms with van der Waals surface area (Å²) in [5.41, 5.74) is 5.03. The van der Waals surface area contributed by atoms with Crippen LogP contribution in [0.25, 0.3) is 0 Å². The average molecular weight is 395 g/mol. The number of aromatic nitrogens is 2. The fourth-order valence-corrected chi connectivity index (χ4v) is 3.82. The fraction of sp³-hybridized carbons (Fsp3) is 0.630. The molecule has 0 aliphatic heterocycles. The average Bonchev–Trinajstić information content (AvgIpc) is 2.75. The predicted octanol–water partition coefficient (Wildman–Crippen LogP) is 7.87. The molecule has 2 nitrogen and oxygen atoms in total. The Bertz CT molecular complexity index is 573. The maximum atomic E-state index is 4.68. The van der Waals surface area contributed by atoms with E-state index in [-0.39, 0.29) is 0 Å². The predicted molar refractivity (Wildman–Crippen MR) is 125 cm³/mol. The second-order valence-corrected chi connectivity index (χ2v) is 8.53. The van der Waals surface area contributed by atoms with Gasteiger partial charge in [0.15, 0.2) is 0 Å². The van der Waals surface area contributed by atoms with Crippen LogP contribution in [0, 0.1) is 0 Å². The summed E-state index contributed by atoms with van der Waals surface area (Å²) >= 11 is 0. The zero-order valence-corrected chi connectivity index (χ0v) is 19.0. The summed E-state index contributed by atoms with van der Waals surface area (Å²) in [6, 6.07) is 8.90. The van der Waals surface area contributed by atoms with Crippen molar-refractivity contribution in [3.8, 4) is 0 Å². The molecule has 29 heavy (non-hydrogen) atoms. The molecule has 0 amide bonds. The van der Waals surface area contributed by atoms with Gasteiger partial charge in [-0.15, -0.1) is 0 Å². The van der Waals surface area contributed by atoms with E-state index in [1.807, 2.05) is 0 Å². The molecule has 0 aliphatic carbocycles. The molecular formula is C27H42N2. The Morgan fingerprint density at radius 2 is 0.931 bits per heavy atom. The second kappa shape index (κ2) is 15.2. The summed E-state index contributed by atoms with van der Waals surface area (Å²) in [4.78, 5) is 9.35. The normalized spacial score (nSPS) is 11.1. The first-order valence-electron chi connectivity index (χ1n) is 12.2. The van der Waals surface area contributed by atoms with Gasteiger partial charge in [-0.2, -0.15) is 0 Å². The quantitative estimate of drug-likeness (QED) is 0.271. The van der Waals surface area contributed by atoms with E-state index < -0.39 is 0 Å². The van der Waals surface area contributed by atoms with Gasteiger partial charge in [0, 0.05) is 30.2 Å². The minimum atomic E-state index is 0.925. The number of hydrogen-bond donors (Lipinski definition) is 0. The topological polar surface area (TPSA) is 25.8 Å². The van der Waals surface area contributed by atoms with Crippen LogP contribution in [0.3, 0.4) is 0 Å². The SMILES string of the molecule is CCCCCCCCc1ccc(Cc2ccc(CCCCCCCC)nc2)cn1. The highest BCUT2D eigenvalue weighted by molar-refractivity contribution is 5.24. The Kier molecular flexibility index (Phi) is 12.3. The first-order chi connectivity index (χ1) is 14.3. The summed E-state index contributed by atoms with van der Waals surface area (Å²) in [5, 5.41) is 0. The maximum absolute atomic E-state index is 4.68. The van der Waals surface area contributed by atoms with Crippen molar-refractivity contribution in [2.75, 3.05) is 0 Å². The van der Waals surface area contributed by atoms with Crippen LogP contribution < -0.4 is 0 Å². The van der Waals surface area contributed by atoms with Gasteiger partial charge in [0.2, 0.25) is 0 Å². The van der Waals surface area contributed by atoms with Crippen molar-refractivity contribution in [3.05, 3.63) is 59.2 Å². The van der Waals surface area contributed by atoms with Gasteiger partial charge in [-0.3, -0.25) is 9.97 Å². The summed E-state index contributed by atoms with van der Waals surface area (Å²) in [6.07, 6.45) is 23.3. The minimum Gasteiger partial charge on any atom is -0.261 e. The van der Waals surface area contributed by atoms with Gasteiger partial charge >= 0.3 is 0 Å². The maximum Gasteiger partial charge on any atom is 0.0403 e. The minimum absolute atomic E-state index is 0.925.